The van der Waals surface area contributed by atoms with E-state index in [1.807, 2.05) is 23.6 Å². The highest BCUT2D eigenvalue weighted by Crippen LogP contribution is 2.23. The second-order valence-electron chi connectivity index (χ2n) is 4.19. The Hall–Kier alpha value is -1.67. The number of nitrogens with zero attached hydrogens (tertiary/aromatic N) is 3. The van der Waals surface area contributed by atoms with Crippen molar-refractivity contribution in [3.63, 3.8) is 0 Å². The molecule has 2 rings (SSSR count). The molecule has 0 fully saturated rings. The topological polar surface area (TPSA) is 89.0 Å². The minimum absolute atomic E-state index is 0.00693. The van der Waals surface area contributed by atoms with E-state index in [9.17, 15) is 5.21 Å². The summed E-state index contributed by atoms with van der Waals surface area (Å²) < 4.78 is 1.86. The molecule has 98 valence electrons. The van der Waals surface area contributed by atoms with Crippen molar-refractivity contribution in [1.29, 1.82) is 0 Å². The fraction of sp³-hybridized carbons (Fsp3) is 0.364. The molecule has 2 aromatic rings. The SMILES string of the molecule is CN(C)c1nc2cc([NH+]([O-])O)ccc2n1CCO. The molecule has 18 heavy (non-hydrogen) atoms. The Morgan fingerprint density at radius 1 is 1.44 bits per heavy atom. The number of hydrogen-bond acceptors (Lipinski definition) is 5. The van der Waals surface area contributed by atoms with Crippen LogP contribution in [0.15, 0.2) is 18.2 Å². The van der Waals surface area contributed by atoms with Gasteiger partial charge in [-0.2, -0.15) is 5.23 Å². The van der Waals surface area contributed by atoms with Crippen LogP contribution < -0.4 is 10.1 Å². The first-order valence-corrected chi connectivity index (χ1v) is 5.56. The van der Waals surface area contributed by atoms with Crippen LogP contribution in [0, 0.1) is 5.21 Å². The van der Waals surface area contributed by atoms with Gasteiger partial charge in [-0.3, -0.25) is 0 Å². The van der Waals surface area contributed by atoms with Gasteiger partial charge >= 0.3 is 0 Å². The molecule has 1 heterocycles. The predicted molar refractivity (Wildman–Crippen MR) is 66.9 cm³/mol. The standard InChI is InChI=1S/C11H16N4O3/c1-13(2)11-12-9-7-8(15(17)18)3-4-10(9)14(11)5-6-16/h3-4,7,15-17H,5-6H2,1-2H3. The molecule has 0 bridgehead atoms. The summed E-state index contributed by atoms with van der Waals surface area (Å²) in [5.74, 6) is 0.696. The average Bonchev–Trinajstić information content (AvgIpc) is 2.68. The summed E-state index contributed by atoms with van der Waals surface area (Å²) in [6.07, 6.45) is 0. The normalized spacial score (nSPS) is 12.9. The van der Waals surface area contributed by atoms with Crippen LogP contribution in [0.1, 0.15) is 0 Å². The van der Waals surface area contributed by atoms with Gasteiger partial charge in [0, 0.05) is 32.8 Å². The second-order valence-corrected chi connectivity index (χ2v) is 4.19. The number of nitrogens with one attached hydrogen (secondary N) is 1. The lowest BCUT2D eigenvalue weighted by atomic mass is 10.3. The summed E-state index contributed by atoms with van der Waals surface area (Å²) in [5.41, 5.74) is 1.64. The van der Waals surface area contributed by atoms with Crippen molar-refractivity contribution in [2.24, 2.45) is 0 Å². The number of aromatic nitrogens is 2. The molecule has 0 amide bonds. The third kappa shape index (κ3) is 2.16. The molecular formula is C11H16N4O3. The highest BCUT2D eigenvalue weighted by Gasteiger charge is 2.13. The van der Waals surface area contributed by atoms with Gasteiger partial charge in [-0.25, -0.2) is 10.2 Å². The van der Waals surface area contributed by atoms with Crippen LogP contribution in [-0.4, -0.2) is 40.6 Å². The summed E-state index contributed by atoms with van der Waals surface area (Å²) in [7, 11) is 3.71. The van der Waals surface area contributed by atoms with Gasteiger partial charge in [-0.15, -0.1) is 0 Å². The number of rotatable bonds is 4. The van der Waals surface area contributed by atoms with E-state index in [-0.39, 0.29) is 12.3 Å². The van der Waals surface area contributed by atoms with E-state index in [1.165, 1.54) is 0 Å². The van der Waals surface area contributed by atoms with Crippen molar-refractivity contribution in [3.05, 3.63) is 23.4 Å². The third-order valence-corrected chi connectivity index (χ3v) is 2.70. The summed E-state index contributed by atoms with van der Waals surface area (Å²) in [5, 5.41) is 28.0. The van der Waals surface area contributed by atoms with E-state index < -0.39 is 5.23 Å². The molecule has 1 aromatic heterocycles. The molecule has 1 atom stereocenters. The van der Waals surface area contributed by atoms with Crippen molar-refractivity contribution in [2.45, 2.75) is 6.54 Å². The van der Waals surface area contributed by atoms with Crippen molar-refractivity contribution >= 4 is 22.7 Å². The molecule has 3 N–H and O–H groups in total. The number of anilines is 1. The van der Waals surface area contributed by atoms with Gasteiger partial charge in [-0.05, 0) is 6.07 Å². The fourth-order valence-corrected chi connectivity index (χ4v) is 1.91. The molecule has 0 aliphatic rings. The number of hydrogen-bond donors (Lipinski definition) is 3. The van der Waals surface area contributed by atoms with Crippen LogP contribution in [0.4, 0.5) is 11.6 Å². The van der Waals surface area contributed by atoms with E-state index in [1.54, 1.807) is 18.2 Å². The molecule has 7 nitrogen and oxygen atoms in total. The van der Waals surface area contributed by atoms with Crippen LogP contribution in [0.3, 0.4) is 0 Å². The van der Waals surface area contributed by atoms with Crippen molar-refractivity contribution in [3.8, 4) is 0 Å². The molecule has 0 saturated heterocycles. The van der Waals surface area contributed by atoms with Gasteiger partial charge in [0.25, 0.3) is 0 Å². The van der Waals surface area contributed by atoms with Crippen LogP contribution in [-0.2, 0) is 6.54 Å². The van der Waals surface area contributed by atoms with E-state index in [0.717, 1.165) is 5.52 Å². The lowest BCUT2D eigenvalue weighted by Gasteiger charge is -2.14. The van der Waals surface area contributed by atoms with Crippen LogP contribution in [0.2, 0.25) is 0 Å². The van der Waals surface area contributed by atoms with E-state index in [4.69, 9.17) is 10.3 Å². The molecule has 0 saturated carbocycles. The summed E-state index contributed by atoms with van der Waals surface area (Å²) in [4.78, 5) is 6.22. The van der Waals surface area contributed by atoms with Crippen molar-refractivity contribution in [2.75, 3.05) is 25.6 Å². The van der Waals surface area contributed by atoms with Gasteiger partial charge in [0.1, 0.15) is 0 Å². The molecule has 0 aliphatic heterocycles. The highest BCUT2D eigenvalue weighted by atomic mass is 16.8. The van der Waals surface area contributed by atoms with Gasteiger partial charge < -0.3 is 19.8 Å². The Labute approximate surface area is 104 Å². The smallest absolute Gasteiger partial charge is 0.206 e. The quantitative estimate of drug-likeness (QED) is 0.638. The maximum atomic E-state index is 10.9. The number of aliphatic hydroxyl groups is 1. The average molecular weight is 252 g/mol. The maximum absolute atomic E-state index is 10.9. The first-order chi connectivity index (χ1) is 8.54. The second kappa shape index (κ2) is 4.91. The lowest BCUT2D eigenvalue weighted by Crippen LogP contribution is -2.99. The maximum Gasteiger partial charge on any atom is 0.206 e. The number of benzene rings is 1. The zero-order valence-corrected chi connectivity index (χ0v) is 10.3. The van der Waals surface area contributed by atoms with Crippen molar-refractivity contribution in [1.82, 2.24) is 9.55 Å². The lowest BCUT2D eigenvalue weighted by molar-refractivity contribution is -0.991. The summed E-state index contributed by atoms with van der Waals surface area (Å²) in [6, 6.07) is 4.80. The zero-order valence-electron chi connectivity index (χ0n) is 10.3. The minimum Gasteiger partial charge on any atom is -0.595 e. The first kappa shape index (κ1) is 12.8. The first-order valence-electron chi connectivity index (χ1n) is 5.56. The minimum atomic E-state index is -0.972. The molecule has 7 heteroatoms. The van der Waals surface area contributed by atoms with E-state index in [2.05, 4.69) is 4.98 Å². The van der Waals surface area contributed by atoms with Gasteiger partial charge in [-0.1, -0.05) is 0 Å². The summed E-state index contributed by atoms with van der Waals surface area (Å²) in [6.45, 7) is 0.434. The van der Waals surface area contributed by atoms with Crippen LogP contribution in [0.25, 0.3) is 11.0 Å². The zero-order chi connectivity index (χ0) is 13.3. The Kier molecular flexibility index (Phi) is 3.48. The molecular weight excluding hydrogens is 236 g/mol. The predicted octanol–water partition coefficient (Wildman–Crippen LogP) is -0.502. The Morgan fingerprint density at radius 2 is 2.17 bits per heavy atom. The molecule has 1 unspecified atom stereocenters. The molecule has 1 aromatic carbocycles. The number of imidazole rings is 1. The largest absolute Gasteiger partial charge is 0.595 e. The molecule has 0 aliphatic carbocycles. The van der Waals surface area contributed by atoms with Crippen LogP contribution >= 0.6 is 0 Å². The number of quaternary nitrogens is 1. The van der Waals surface area contributed by atoms with Crippen molar-refractivity contribution < 1.29 is 15.5 Å². The van der Waals surface area contributed by atoms with E-state index >= 15 is 0 Å². The highest BCUT2D eigenvalue weighted by molar-refractivity contribution is 5.81. The summed E-state index contributed by atoms with van der Waals surface area (Å²) >= 11 is 0. The number of fused-ring (bicyclic) bond motifs is 1. The number of aliphatic hydroxyl groups excluding tert-OH is 1. The Morgan fingerprint density at radius 3 is 2.72 bits per heavy atom. The van der Waals surface area contributed by atoms with Gasteiger partial charge in [0.2, 0.25) is 5.95 Å². The third-order valence-electron chi connectivity index (χ3n) is 2.70. The van der Waals surface area contributed by atoms with Gasteiger partial charge in [0.15, 0.2) is 5.69 Å². The monoisotopic (exact) mass is 252 g/mol. The Balaban J connectivity index is 2.60. The van der Waals surface area contributed by atoms with E-state index in [0.29, 0.717) is 18.0 Å². The molecule has 0 spiro atoms. The Bertz CT molecular complexity index is 550. The molecule has 0 radical (unpaired) electrons. The fourth-order valence-electron chi connectivity index (χ4n) is 1.91. The van der Waals surface area contributed by atoms with Gasteiger partial charge in [0.05, 0.1) is 17.6 Å². The van der Waals surface area contributed by atoms with Crippen LogP contribution in [0.5, 0.6) is 0 Å².